The lowest BCUT2D eigenvalue weighted by molar-refractivity contribution is -0.136. The van der Waals surface area contributed by atoms with E-state index >= 15 is 0 Å². The number of imide groups is 1. The number of ether oxygens (including phenoxy) is 2. The summed E-state index contributed by atoms with van der Waals surface area (Å²) in [6.45, 7) is 6.04. The molecule has 2 fully saturated rings. The average Bonchev–Trinajstić information content (AvgIpc) is 3.12. The summed E-state index contributed by atoms with van der Waals surface area (Å²) in [5, 5.41) is -0.424. The molecule has 2 aliphatic rings. The van der Waals surface area contributed by atoms with Crippen LogP contribution in [0.4, 0.5) is 4.79 Å². The minimum atomic E-state index is -0.443. The summed E-state index contributed by atoms with van der Waals surface area (Å²) in [6, 6.07) is 13.6. The number of amides is 3. The van der Waals surface area contributed by atoms with Crippen LogP contribution in [0.15, 0.2) is 47.4 Å². The van der Waals surface area contributed by atoms with Crippen LogP contribution in [-0.4, -0.2) is 53.1 Å². The summed E-state index contributed by atoms with van der Waals surface area (Å²) in [6.07, 6.45) is 3.56. The molecule has 0 spiro atoms. The lowest BCUT2D eigenvalue weighted by atomic mass is 9.99. The number of carbonyl (C=O) groups is 3. The van der Waals surface area contributed by atoms with E-state index in [9.17, 15) is 14.4 Å². The molecule has 0 aliphatic carbocycles. The Labute approximate surface area is 229 Å². The molecule has 9 heteroatoms. The van der Waals surface area contributed by atoms with Gasteiger partial charge in [-0.3, -0.25) is 19.3 Å². The Morgan fingerprint density at radius 1 is 1.14 bits per heavy atom. The van der Waals surface area contributed by atoms with E-state index in [1.807, 2.05) is 43.3 Å². The van der Waals surface area contributed by atoms with Gasteiger partial charge in [-0.2, -0.15) is 0 Å². The highest BCUT2D eigenvalue weighted by molar-refractivity contribution is 14.1. The number of nitrogens with zero attached hydrogens (tertiary/aromatic N) is 2. The molecule has 7 nitrogen and oxygen atoms in total. The second-order valence-corrected chi connectivity index (χ2v) is 11.0. The van der Waals surface area contributed by atoms with Crippen LogP contribution in [0, 0.1) is 9.49 Å². The third kappa shape index (κ3) is 6.42. The SMILES string of the molecule is CCOc1cc(/C=C2/SC(=O)N(CC(=O)N3CCC(C)CC3)C2=O)cc(I)c1OCc1ccccc1. The highest BCUT2D eigenvalue weighted by atomic mass is 127. The number of halogens is 1. The highest BCUT2D eigenvalue weighted by Gasteiger charge is 2.37. The van der Waals surface area contributed by atoms with E-state index < -0.39 is 11.1 Å². The third-order valence-corrected chi connectivity index (χ3v) is 7.87. The van der Waals surface area contributed by atoms with Gasteiger partial charge in [-0.25, -0.2) is 0 Å². The van der Waals surface area contributed by atoms with Crippen molar-refractivity contribution in [3.05, 3.63) is 62.1 Å². The Bertz CT molecular complexity index is 1160. The van der Waals surface area contributed by atoms with Crippen molar-refractivity contribution < 1.29 is 23.9 Å². The Morgan fingerprint density at radius 3 is 2.56 bits per heavy atom. The lowest BCUT2D eigenvalue weighted by Crippen LogP contribution is -2.45. The van der Waals surface area contributed by atoms with Gasteiger partial charge in [0, 0.05) is 13.1 Å². The summed E-state index contributed by atoms with van der Waals surface area (Å²) >= 11 is 3.04. The lowest BCUT2D eigenvalue weighted by Gasteiger charge is -2.31. The van der Waals surface area contributed by atoms with Gasteiger partial charge in [0.1, 0.15) is 13.2 Å². The Balaban J connectivity index is 1.48. The van der Waals surface area contributed by atoms with Gasteiger partial charge in [0.25, 0.3) is 11.1 Å². The van der Waals surface area contributed by atoms with Crippen molar-refractivity contribution in [2.24, 2.45) is 5.92 Å². The molecule has 0 radical (unpaired) electrons. The summed E-state index contributed by atoms with van der Waals surface area (Å²) in [7, 11) is 0. The van der Waals surface area contributed by atoms with Crippen LogP contribution in [0.1, 0.15) is 37.8 Å². The van der Waals surface area contributed by atoms with Gasteiger partial charge >= 0.3 is 0 Å². The van der Waals surface area contributed by atoms with Gasteiger partial charge in [0.2, 0.25) is 5.91 Å². The number of likely N-dealkylation sites (tertiary alicyclic amines) is 1. The second-order valence-electron chi connectivity index (χ2n) is 8.87. The van der Waals surface area contributed by atoms with Crippen molar-refractivity contribution in [3.8, 4) is 11.5 Å². The summed E-state index contributed by atoms with van der Waals surface area (Å²) in [4.78, 5) is 41.4. The first-order chi connectivity index (χ1) is 17.4. The third-order valence-electron chi connectivity index (χ3n) is 6.16. The van der Waals surface area contributed by atoms with Gasteiger partial charge in [0.05, 0.1) is 15.1 Å². The standard InChI is InChI=1S/C27H29IN2O5S/c1-3-34-22-14-20(13-21(28)25(22)35-17-19-7-5-4-6-8-19)15-23-26(32)30(27(33)36-23)16-24(31)29-11-9-18(2)10-12-29/h4-8,13-15,18H,3,9-12,16-17H2,1-2H3/b23-15+. The number of piperidine rings is 1. The molecule has 36 heavy (non-hydrogen) atoms. The topological polar surface area (TPSA) is 76.2 Å². The first-order valence-corrected chi connectivity index (χ1v) is 13.9. The van der Waals surface area contributed by atoms with Crippen molar-refractivity contribution >= 4 is 57.5 Å². The fraction of sp³-hybridized carbons (Fsp3) is 0.370. The van der Waals surface area contributed by atoms with Gasteiger partial charge in [-0.15, -0.1) is 0 Å². The maximum absolute atomic E-state index is 13.0. The van der Waals surface area contributed by atoms with Gasteiger partial charge in [-0.05, 0) is 89.4 Å². The minimum Gasteiger partial charge on any atom is -0.490 e. The number of hydrogen-bond acceptors (Lipinski definition) is 6. The van der Waals surface area contributed by atoms with E-state index in [1.54, 1.807) is 17.0 Å². The molecule has 0 unspecified atom stereocenters. The number of rotatable bonds is 8. The van der Waals surface area contributed by atoms with Crippen molar-refractivity contribution in [1.29, 1.82) is 0 Å². The van der Waals surface area contributed by atoms with E-state index in [2.05, 4.69) is 29.5 Å². The first kappa shape index (κ1) is 26.5. The summed E-state index contributed by atoms with van der Waals surface area (Å²) in [5.41, 5.74) is 1.76. The predicted molar refractivity (Wildman–Crippen MR) is 149 cm³/mol. The molecule has 0 bridgehead atoms. The largest absolute Gasteiger partial charge is 0.490 e. The maximum Gasteiger partial charge on any atom is 0.294 e. The van der Waals surface area contributed by atoms with Crippen molar-refractivity contribution in [3.63, 3.8) is 0 Å². The van der Waals surface area contributed by atoms with Gasteiger partial charge in [-0.1, -0.05) is 37.3 Å². The number of carbonyl (C=O) groups excluding carboxylic acids is 3. The van der Waals surface area contributed by atoms with Crippen LogP contribution in [0.25, 0.3) is 6.08 Å². The zero-order valence-electron chi connectivity index (χ0n) is 20.4. The number of benzene rings is 2. The Morgan fingerprint density at radius 2 is 1.86 bits per heavy atom. The monoisotopic (exact) mass is 620 g/mol. The molecule has 4 rings (SSSR count). The van der Waals surface area contributed by atoms with Crippen LogP contribution in [0.5, 0.6) is 11.5 Å². The van der Waals surface area contributed by atoms with Crippen LogP contribution >= 0.6 is 34.4 Å². The number of hydrogen-bond donors (Lipinski definition) is 0. The van der Waals surface area contributed by atoms with Crippen molar-refractivity contribution in [2.45, 2.75) is 33.3 Å². The molecule has 0 aromatic heterocycles. The smallest absolute Gasteiger partial charge is 0.294 e. The van der Waals surface area contributed by atoms with Crippen molar-refractivity contribution in [2.75, 3.05) is 26.2 Å². The summed E-state index contributed by atoms with van der Waals surface area (Å²) in [5.74, 6) is 1.17. The van der Waals surface area contributed by atoms with Gasteiger partial charge in [0.15, 0.2) is 11.5 Å². The molecule has 2 aromatic carbocycles. The molecule has 2 heterocycles. The highest BCUT2D eigenvalue weighted by Crippen LogP contribution is 2.38. The molecule has 190 valence electrons. The molecular formula is C27H29IN2O5S. The molecule has 0 saturated carbocycles. The van der Waals surface area contributed by atoms with E-state index in [0.29, 0.717) is 43.7 Å². The van der Waals surface area contributed by atoms with Gasteiger partial charge < -0.3 is 14.4 Å². The molecular weight excluding hydrogens is 591 g/mol. The molecule has 0 N–H and O–H groups in total. The first-order valence-electron chi connectivity index (χ1n) is 12.0. The van der Waals surface area contributed by atoms with Crippen molar-refractivity contribution in [1.82, 2.24) is 9.80 Å². The molecule has 2 aromatic rings. The van der Waals surface area contributed by atoms with Crippen LogP contribution in [0.3, 0.4) is 0 Å². The molecule has 2 saturated heterocycles. The second kappa shape index (κ2) is 12.1. The van der Waals surface area contributed by atoms with E-state index in [4.69, 9.17) is 9.47 Å². The quantitative estimate of drug-likeness (QED) is 0.284. The maximum atomic E-state index is 13.0. The summed E-state index contributed by atoms with van der Waals surface area (Å²) < 4.78 is 12.7. The minimum absolute atomic E-state index is 0.182. The fourth-order valence-corrected chi connectivity index (χ4v) is 5.70. The number of thioether (sulfide) groups is 1. The molecule has 2 aliphatic heterocycles. The zero-order chi connectivity index (χ0) is 25.7. The molecule has 0 atom stereocenters. The van der Waals surface area contributed by atoms with Crippen LogP contribution in [-0.2, 0) is 16.2 Å². The molecule has 3 amide bonds. The predicted octanol–water partition coefficient (Wildman–Crippen LogP) is 5.56. The average molecular weight is 621 g/mol. The van der Waals surface area contributed by atoms with Crippen LogP contribution < -0.4 is 9.47 Å². The van der Waals surface area contributed by atoms with E-state index in [0.717, 1.165) is 44.2 Å². The zero-order valence-corrected chi connectivity index (χ0v) is 23.3. The van der Waals surface area contributed by atoms with E-state index in [-0.39, 0.29) is 17.4 Å². The fourth-order valence-electron chi connectivity index (χ4n) is 4.08. The Hall–Kier alpha value is -2.53. The normalized spacial score (nSPS) is 17.7. The Kier molecular flexibility index (Phi) is 8.95. The van der Waals surface area contributed by atoms with Crippen LogP contribution in [0.2, 0.25) is 0 Å². The van der Waals surface area contributed by atoms with E-state index in [1.165, 1.54) is 0 Å².